The van der Waals surface area contributed by atoms with Gasteiger partial charge in [-0.2, -0.15) is 0 Å². The lowest BCUT2D eigenvalue weighted by molar-refractivity contribution is -0.115. The number of amides is 1. The van der Waals surface area contributed by atoms with Crippen molar-refractivity contribution in [2.75, 3.05) is 11.9 Å². The highest BCUT2D eigenvalue weighted by Gasteiger charge is 2.17. The first-order chi connectivity index (χ1) is 12.4. The normalized spacial score (nSPS) is 12.5. The summed E-state index contributed by atoms with van der Waals surface area (Å²) in [6, 6.07) is 13.7. The molecule has 1 aromatic heterocycles. The van der Waals surface area contributed by atoms with Gasteiger partial charge in [-0.15, -0.1) is 0 Å². The molecule has 0 aliphatic rings. The molecule has 4 N–H and O–H groups in total. The van der Waals surface area contributed by atoms with Crippen LogP contribution in [0, 0.1) is 5.92 Å². The standard InChI is InChI=1S/C19H21BrN4O2/c1-11(2)18(12-6-4-3-5-7-12)21-10-17(25)22-14-9-16-15(8-13(14)20)23-19(26)24-16/h3-9,11,18,21H,10H2,1-2H3,(H,22,25)(H2,23,24,26)/t18-/m1/s1. The predicted octanol–water partition coefficient (Wildman–Crippen LogP) is 3.54. The Balaban J connectivity index is 1.68. The Morgan fingerprint density at radius 2 is 1.77 bits per heavy atom. The third-order valence-electron chi connectivity index (χ3n) is 4.19. The van der Waals surface area contributed by atoms with Crippen molar-refractivity contribution in [3.63, 3.8) is 0 Å². The second-order valence-corrected chi connectivity index (χ2v) is 7.37. The number of hydrogen-bond donors (Lipinski definition) is 4. The Kier molecular flexibility index (Phi) is 5.58. The number of anilines is 1. The van der Waals surface area contributed by atoms with E-state index >= 15 is 0 Å². The van der Waals surface area contributed by atoms with Crippen molar-refractivity contribution in [2.45, 2.75) is 19.9 Å². The van der Waals surface area contributed by atoms with E-state index in [2.05, 4.69) is 62.5 Å². The van der Waals surface area contributed by atoms with Gasteiger partial charge in [0.2, 0.25) is 5.91 Å². The minimum absolute atomic E-state index is 0.0916. The SMILES string of the molecule is CC(C)[C@@H](NCC(=O)Nc1cc2[nH]c(=O)[nH]c2cc1Br)c1ccccc1. The number of benzene rings is 2. The Labute approximate surface area is 159 Å². The minimum atomic E-state index is -0.278. The highest BCUT2D eigenvalue weighted by atomic mass is 79.9. The van der Waals surface area contributed by atoms with E-state index in [1.807, 2.05) is 18.2 Å². The Bertz CT molecular complexity index is 963. The molecule has 26 heavy (non-hydrogen) atoms. The van der Waals surface area contributed by atoms with Gasteiger partial charge in [-0.1, -0.05) is 44.2 Å². The topological polar surface area (TPSA) is 89.8 Å². The molecule has 0 unspecified atom stereocenters. The van der Waals surface area contributed by atoms with Gasteiger partial charge in [-0.05, 0) is 39.5 Å². The molecule has 0 fully saturated rings. The molecular weight excluding hydrogens is 396 g/mol. The van der Waals surface area contributed by atoms with Crippen LogP contribution in [0.3, 0.4) is 0 Å². The fraction of sp³-hybridized carbons (Fsp3) is 0.263. The zero-order valence-corrected chi connectivity index (χ0v) is 16.2. The number of rotatable bonds is 6. The van der Waals surface area contributed by atoms with Crippen LogP contribution in [0.4, 0.5) is 5.69 Å². The van der Waals surface area contributed by atoms with Crippen molar-refractivity contribution in [3.8, 4) is 0 Å². The van der Waals surface area contributed by atoms with Crippen molar-refractivity contribution in [2.24, 2.45) is 5.92 Å². The van der Waals surface area contributed by atoms with E-state index in [1.165, 1.54) is 0 Å². The lowest BCUT2D eigenvalue weighted by Gasteiger charge is -2.22. The zero-order chi connectivity index (χ0) is 18.7. The molecule has 0 saturated carbocycles. The van der Waals surface area contributed by atoms with Gasteiger partial charge in [0.15, 0.2) is 0 Å². The number of imidazole rings is 1. The molecule has 2 aromatic carbocycles. The van der Waals surface area contributed by atoms with E-state index in [0.717, 1.165) is 5.56 Å². The molecule has 0 saturated heterocycles. The molecule has 0 radical (unpaired) electrons. The summed E-state index contributed by atoms with van der Waals surface area (Å²) in [4.78, 5) is 29.1. The fourth-order valence-electron chi connectivity index (χ4n) is 2.95. The summed E-state index contributed by atoms with van der Waals surface area (Å²) in [5.41, 5.74) is 2.82. The van der Waals surface area contributed by atoms with E-state index in [4.69, 9.17) is 0 Å². The number of H-pyrrole nitrogens is 2. The van der Waals surface area contributed by atoms with Crippen molar-refractivity contribution in [1.29, 1.82) is 0 Å². The maximum atomic E-state index is 12.4. The van der Waals surface area contributed by atoms with Gasteiger partial charge in [-0.3, -0.25) is 4.79 Å². The number of carbonyl (C=O) groups excluding carboxylic acids is 1. The average Bonchev–Trinajstić information content (AvgIpc) is 2.95. The molecule has 7 heteroatoms. The molecule has 1 atom stereocenters. The van der Waals surface area contributed by atoms with Crippen LogP contribution in [0.5, 0.6) is 0 Å². The third kappa shape index (κ3) is 4.23. The highest BCUT2D eigenvalue weighted by Crippen LogP contribution is 2.26. The summed E-state index contributed by atoms with van der Waals surface area (Å²) >= 11 is 3.42. The van der Waals surface area contributed by atoms with Gasteiger partial charge in [0, 0.05) is 10.5 Å². The van der Waals surface area contributed by atoms with E-state index < -0.39 is 0 Å². The van der Waals surface area contributed by atoms with Crippen LogP contribution < -0.4 is 16.3 Å². The molecule has 136 valence electrons. The summed E-state index contributed by atoms with van der Waals surface area (Å²) in [7, 11) is 0. The predicted molar refractivity (Wildman–Crippen MR) is 107 cm³/mol. The van der Waals surface area contributed by atoms with Crippen LogP contribution in [0.25, 0.3) is 11.0 Å². The number of hydrogen-bond acceptors (Lipinski definition) is 3. The maximum Gasteiger partial charge on any atom is 0.323 e. The van der Waals surface area contributed by atoms with Crippen molar-refractivity contribution in [1.82, 2.24) is 15.3 Å². The molecule has 0 aliphatic carbocycles. The first-order valence-electron chi connectivity index (χ1n) is 8.44. The van der Waals surface area contributed by atoms with Crippen LogP contribution in [0.2, 0.25) is 0 Å². The number of carbonyl (C=O) groups is 1. The molecule has 1 amide bonds. The van der Waals surface area contributed by atoms with E-state index in [-0.39, 0.29) is 24.2 Å². The van der Waals surface area contributed by atoms with Crippen LogP contribution in [0.15, 0.2) is 51.7 Å². The van der Waals surface area contributed by atoms with E-state index in [0.29, 0.717) is 27.1 Å². The molecular formula is C19H21BrN4O2. The smallest absolute Gasteiger partial charge is 0.323 e. The number of fused-ring (bicyclic) bond motifs is 1. The highest BCUT2D eigenvalue weighted by molar-refractivity contribution is 9.10. The Hall–Kier alpha value is -2.38. The Morgan fingerprint density at radius 1 is 1.12 bits per heavy atom. The van der Waals surface area contributed by atoms with Gasteiger partial charge in [-0.25, -0.2) is 4.79 Å². The summed E-state index contributed by atoms with van der Waals surface area (Å²) in [6.07, 6.45) is 0. The molecule has 0 spiro atoms. The molecule has 6 nitrogen and oxygen atoms in total. The fourth-order valence-corrected chi connectivity index (χ4v) is 3.39. The van der Waals surface area contributed by atoms with Gasteiger partial charge in [0.05, 0.1) is 23.3 Å². The van der Waals surface area contributed by atoms with E-state index in [9.17, 15) is 9.59 Å². The van der Waals surface area contributed by atoms with Crippen LogP contribution in [0.1, 0.15) is 25.5 Å². The second-order valence-electron chi connectivity index (χ2n) is 6.52. The van der Waals surface area contributed by atoms with Gasteiger partial charge >= 0.3 is 5.69 Å². The van der Waals surface area contributed by atoms with Crippen LogP contribution >= 0.6 is 15.9 Å². The molecule has 0 aliphatic heterocycles. The lowest BCUT2D eigenvalue weighted by Crippen LogP contribution is -2.33. The van der Waals surface area contributed by atoms with Crippen molar-refractivity contribution in [3.05, 3.63) is 63.0 Å². The zero-order valence-electron chi connectivity index (χ0n) is 14.6. The summed E-state index contributed by atoms with van der Waals surface area (Å²) < 4.78 is 0.706. The van der Waals surface area contributed by atoms with Crippen LogP contribution in [-0.2, 0) is 4.79 Å². The number of aromatic nitrogens is 2. The molecule has 1 heterocycles. The maximum absolute atomic E-state index is 12.4. The molecule has 3 rings (SSSR count). The summed E-state index contributed by atoms with van der Waals surface area (Å²) in [5, 5.41) is 6.20. The largest absolute Gasteiger partial charge is 0.324 e. The lowest BCUT2D eigenvalue weighted by atomic mass is 9.96. The van der Waals surface area contributed by atoms with Crippen molar-refractivity contribution < 1.29 is 4.79 Å². The number of aromatic amines is 2. The van der Waals surface area contributed by atoms with Crippen LogP contribution in [-0.4, -0.2) is 22.4 Å². The number of nitrogens with one attached hydrogen (secondary N) is 4. The molecule has 3 aromatic rings. The molecule has 0 bridgehead atoms. The average molecular weight is 417 g/mol. The minimum Gasteiger partial charge on any atom is -0.324 e. The monoisotopic (exact) mass is 416 g/mol. The third-order valence-corrected chi connectivity index (χ3v) is 4.84. The quantitative estimate of drug-likeness (QED) is 0.495. The second kappa shape index (κ2) is 7.88. The summed E-state index contributed by atoms with van der Waals surface area (Å²) in [5.74, 6) is 0.197. The van der Waals surface area contributed by atoms with E-state index in [1.54, 1.807) is 12.1 Å². The summed E-state index contributed by atoms with van der Waals surface area (Å²) in [6.45, 7) is 4.43. The van der Waals surface area contributed by atoms with Gasteiger partial charge in [0.1, 0.15) is 0 Å². The Morgan fingerprint density at radius 3 is 2.42 bits per heavy atom. The first kappa shape index (κ1) is 18.4. The van der Waals surface area contributed by atoms with Crippen molar-refractivity contribution >= 4 is 38.6 Å². The van der Waals surface area contributed by atoms with Gasteiger partial charge in [0.25, 0.3) is 0 Å². The first-order valence-corrected chi connectivity index (χ1v) is 9.23. The number of halogens is 1. The van der Waals surface area contributed by atoms with Gasteiger partial charge < -0.3 is 20.6 Å².